The predicted octanol–water partition coefficient (Wildman–Crippen LogP) is -0.639. The molecular weight excluding hydrogens is 332 g/mol. The van der Waals surface area contributed by atoms with Gasteiger partial charge in [0, 0.05) is 6.42 Å². The topological polar surface area (TPSA) is 151 Å². The van der Waals surface area contributed by atoms with Gasteiger partial charge in [-0.05, 0) is 32.1 Å². The van der Waals surface area contributed by atoms with E-state index in [-0.39, 0.29) is 19.1 Å². The molecule has 0 spiro atoms. The van der Waals surface area contributed by atoms with Gasteiger partial charge in [0.15, 0.2) is 6.29 Å². The zero-order valence-electron chi connectivity index (χ0n) is 16.0. The van der Waals surface area contributed by atoms with E-state index in [1.54, 1.807) is 0 Å². The Morgan fingerprint density at radius 2 is 1.48 bits per heavy atom. The molecule has 1 aliphatic heterocycles. The molecule has 6 atom stereocenters. The Labute approximate surface area is 150 Å². The number of ether oxygens (including phenoxy) is 1. The fourth-order valence-electron chi connectivity index (χ4n) is 1.72. The van der Waals surface area contributed by atoms with Gasteiger partial charge in [-0.3, -0.25) is 0 Å². The van der Waals surface area contributed by atoms with Gasteiger partial charge in [0.25, 0.3) is 0 Å². The van der Waals surface area contributed by atoms with Crippen molar-refractivity contribution in [2.24, 2.45) is 5.41 Å². The molecule has 8 heteroatoms. The largest absolute Gasteiger partial charge is 0.394 e. The minimum Gasteiger partial charge on any atom is -0.394 e. The van der Waals surface area contributed by atoms with E-state index >= 15 is 0 Å². The van der Waals surface area contributed by atoms with Crippen LogP contribution in [0.4, 0.5) is 0 Å². The summed E-state index contributed by atoms with van der Waals surface area (Å²) in [5, 5.41) is 60.6. The first-order chi connectivity index (χ1) is 11.3. The number of aliphatic hydroxyl groups excluding tert-OH is 7. The summed E-state index contributed by atoms with van der Waals surface area (Å²) in [5.41, 5.74) is 0.372. The lowest BCUT2D eigenvalue weighted by Gasteiger charge is -2.33. The van der Waals surface area contributed by atoms with Crippen molar-refractivity contribution in [1.82, 2.24) is 0 Å². The second-order valence-corrected chi connectivity index (χ2v) is 7.59. The minimum atomic E-state index is -1.11. The van der Waals surface area contributed by atoms with Gasteiger partial charge in [-0.15, -0.1) is 0 Å². The fourth-order valence-corrected chi connectivity index (χ4v) is 1.72. The van der Waals surface area contributed by atoms with Crippen LogP contribution < -0.4 is 0 Å². The first kappa shape index (κ1) is 26.9. The maximum Gasteiger partial charge on any atom is 0.157 e. The van der Waals surface area contributed by atoms with E-state index < -0.39 is 37.3 Å². The molecule has 0 aromatic heterocycles. The molecule has 1 rings (SSSR count). The maximum absolute atomic E-state index is 9.11. The van der Waals surface area contributed by atoms with E-state index in [2.05, 4.69) is 20.8 Å². The van der Waals surface area contributed by atoms with Crippen molar-refractivity contribution >= 4 is 0 Å². The summed E-state index contributed by atoms with van der Waals surface area (Å²) in [6, 6.07) is 0. The van der Waals surface area contributed by atoms with Crippen LogP contribution in [-0.2, 0) is 4.74 Å². The molecule has 1 saturated heterocycles. The second kappa shape index (κ2) is 13.8. The van der Waals surface area contributed by atoms with Crippen LogP contribution in [-0.4, -0.2) is 85.8 Å². The van der Waals surface area contributed by atoms with Gasteiger partial charge in [0.2, 0.25) is 0 Å². The van der Waals surface area contributed by atoms with E-state index in [0.29, 0.717) is 5.41 Å². The number of hydrogen-bond acceptors (Lipinski definition) is 8. The summed E-state index contributed by atoms with van der Waals surface area (Å²) in [7, 11) is 0. The average molecular weight is 370 g/mol. The molecular formula is C17H38O8. The molecule has 8 nitrogen and oxygen atoms in total. The summed E-state index contributed by atoms with van der Waals surface area (Å²) in [4.78, 5) is 0. The highest BCUT2D eigenvalue weighted by Gasteiger charge is 2.35. The highest BCUT2D eigenvalue weighted by Crippen LogP contribution is 2.21. The highest BCUT2D eigenvalue weighted by atomic mass is 16.6. The molecule has 154 valence electrons. The van der Waals surface area contributed by atoms with Gasteiger partial charge in [-0.2, -0.15) is 0 Å². The normalized spacial score (nSPS) is 28.8. The van der Waals surface area contributed by atoms with E-state index in [9.17, 15) is 0 Å². The van der Waals surface area contributed by atoms with Crippen LogP contribution in [0.3, 0.4) is 0 Å². The zero-order valence-corrected chi connectivity index (χ0v) is 16.0. The Balaban J connectivity index is 0. The highest BCUT2D eigenvalue weighted by molar-refractivity contribution is 4.81. The van der Waals surface area contributed by atoms with Gasteiger partial charge in [-0.1, -0.05) is 20.8 Å². The molecule has 0 saturated carbocycles. The fraction of sp³-hybridized carbons (Fsp3) is 1.00. The molecule has 0 bridgehead atoms. The van der Waals surface area contributed by atoms with Gasteiger partial charge >= 0.3 is 0 Å². The molecule has 1 fully saturated rings. The zero-order chi connectivity index (χ0) is 20.2. The van der Waals surface area contributed by atoms with E-state index in [0.717, 1.165) is 12.8 Å². The third-order valence-corrected chi connectivity index (χ3v) is 3.31. The summed E-state index contributed by atoms with van der Waals surface area (Å²) < 4.78 is 4.71. The molecule has 0 aliphatic carbocycles. The molecule has 0 amide bonds. The SMILES string of the molecule is CC(O)CCC(C)(C)C.CC(O)CO.OCC1OC(O)CC(O)C1O. The Morgan fingerprint density at radius 1 is 1.00 bits per heavy atom. The maximum atomic E-state index is 9.11. The van der Waals surface area contributed by atoms with Gasteiger partial charge in [0.1, 0.15) is 12.2 Å². The van der Waals surface area contributed by atoms with Crippen LogP contribution in [0, 0.1) is 5.41 Å². The molecule has 7 N–H and O–H groups in total. The van der Waals surface area contributed by atoms with E-state index in [1.165, 1.54) is 6.92 Å². The van der Waals surface area contributed by atoms with E-state index in [4.69, 9.17) is 40.5 Å². The first-order valence-electron chi connectivity index (χ1n) is 8.61. The number of aliphatic hydroxyl groups is 7. The molecule has 0 aromatic carbocycles. The lowest BCUT2D eigenvalue weighted by atomic mass is 9.89. The van der Waals surface area contributed by atoms with Gasteiger partial charge in [0.05, 0.1) is 31.5 Å². The summed E-state index contributed by atoms with van der Waals surface area (Å²) in [6.07, 6.45) is -2.79. The summed E-state index contributed by atoms with van der Waals surface area (Å²) >= 11 is 0. The molecule has 0 radical (unpaired) electrons. The van der Waals surface area contributed by atoms with Crippen molar-refractivity contribution in [3.63, 3.8) is 0 Å². The van der Waals surface area contributed by atoms with Crippen LogP contribution in [0.1, 0.15) is 53.9 Å². The third-order valence-electron chi connectivity index (χ3n) is 3.31. The Morgan fingerprint density at radius 3 is 1.76 bits per heavy atom. The monoisotopic (exact) mass is 370 g/mol. The lowest BCUT2D eigenvalue weighted by molar-refractivity contribution is -0.239. The van der Waals surface area contributed by atoms with Crippen LogP contribution >= 0.6 is 0 Å². The first-order valence-corrected chi connectivity index (χ1v) is 8.61. The summed E-state index contributed by atoms with van der Waals surface area (Å²) in [5.74, 6) is 0. The van der Waals surface area contributed by atoms with Crippen LogP contribution in [0.2, 0.25) is 0 Å². The van der Waals surface area contributed by atoms with Crippen molar-refractivity contribution in [3.05, 3.63) is 0 Å². The standard InChI is InChI=1S/C8H18O.C6H12O5.C3H8O2/c1-7(9)5-6-8(2,3)4;7-2-4-6(10)3(8)1-5(9)11-4;1-3(5)2-4/h7,9H,5-6H2,1-4H3;3-10H,1-2H2;3-5H,2H2,1H3. The van der Waals surface area contributed by atoms with Gasteiger partial charge < -0.3 is 40.5 Å². The number of rotatable bonds is 4. The Kier molecular flexibility index (Phi) is 14.9. The quantitative estimate of drug-likeness (QED) is 0.345. The Bertz CT molecular complexity index is 304. The molecule has 6 unspecified atom stereocenters. The van der Waals surface area contributed by atoms with Crippen molar-refractivity contribution < 1.29 is 40.5 Å². The lowest BCUT2D eigenvalue weighted by Crippen LogP contribution is -2.49. The van der Waals surface area contributed by atoms with Crippen molar-refractivity contribution in [1.29, 1.82) is 0 Å². The van der Waals surface area contributed by atoms with Crippen LogP contribution in [0.15, 0.2) is 0 Å². The molecule has 1 heterocycles. The predicted molar refractivity (Wildman–Crippen MR) is 93.7 cm³/mol. The molecule has 1 aliphatic rings. The third kappa shape index (κ3) is 16.9. The molecule has 25 heavy (non-hydrogen) atoms. The van der Waals surface area contributed by atoms with Crippen molar-refractivity contribution in [2.75, 3.05) is 13.2 Å². The molecule has 0 aromatic rings. The average Bonchev–Trinajstić information content (AvgIpc) is 2.49. The second-order valence-electron chi connectivity index (χ2n) is 7.59. The van der Waals surface area contributed by atoms with E-state index in [1.807, 2.05) is 6.92 Å². The number of hydrogen-bond donors (Lipinski definition) is 7. The van der Waals surface area contributed by atoms with Gasteiger partial charge in [-0.25, -0.2) is 0 Å². The van der Waals surface area contributed by atoms with Crippen LogP contribution in [0.5, 0.6) is 0 Å². The summed E-state index contributed by atoms with van der Waals surface area (Å²) in [6.45, 7) is 9.39. The smallest absolute Gasteiger partial charge is 0.157 e. The Hall–Kier alpha value is -0.320. The van der Waals surface area contributed by atoms with Crippen molar-refractivity contribution in [2.45, 2.75) is 90.7 Å². The van der Waals surface area contributed by atoms with Crippen molar-refractivity contribution in [3.8, 4) is 0 Å². The van der Waals surface area contributed by atoms with Crippen LogP contribution in [0.25, 0.3) is 0 Å². The minimum absolute atomic E-state index is 0.0162.